The van der Waals surface area contributed by atoms with Crippen LogP contribution in [-0.4, -0.2) is 9.97 Å². The molecule has 0 fully saturated rings. The van der Waals surface area contributed by atoms with Gasteiger partial charge in [0.1, 0.15) is 0 Å². The van der Waals surface area contributed by atoms with Gasteiger partial charge in [-0.1, -0.05) is 243 Å². The van der Waals surface area contributed by atoms with Crippen LogP contribution in [0.3, 0.4) is 0 Å². The van der Waals surface area contributed by atoms with Gasteiger partial charge >= 0.3 is 0 Å². The molecule has 0 spiro atoms. The molecule has 0 aliphatic heterocycles. The zero-order chi connectivity index (χ0) is 44.3. The summed E-state index contributed by atoms with van der Waals surface area (Å²) in [6.45, 7) is 0. The highest BCUT2D eigenvalue weighted by atomic mass is 14.9. The van der Waals surface area contributed by atoms with Gasteiger partial charge in [0.25, 0.3) is 0 Å². The predicted molar refractivity (Wildman–Crippen MR) is 279 cm³/mol. The highest BCUT2D eigenvalue weighted by Crippen LogP contribution is 2.58. The molecular formula is C65H42N2. The lowest BCUT2D eigenvalue weighted by Crippen LogP contribution is -2.29. The largest absolute Gasteiger partial charge is 0.228 e. The van der Waals surface area contributed by atoms with Crippen LogP contribution in [0.5, 0.6) is 0 Å². The Morgan fingerprint density at radius 2 is 0.821 bits per heavy atom. The maximum Gasteiger partial charge on any atom is 0.160 e. The van der Waals surface area contributed by atoms with E-state index in [0.717, 1.165) is 39.2 Å². The average Bonchev–Trinajstić information content (AvgIpc) is 3.72. The third-order valence-corrected chi connectivity index (χ3v) is 14.0. The minimum absolute atomic E-state index is 0.595. The van der Waals surface area contributed by atoms with E-state index in [-0.39, 0.29) is 0 Å². The first-order valence-corrected chi connectivity index (χ1v) is 23.1. The van der Waals surface area contributed by atoms with Gasteiger partial charge in [0, 0.05) is 16.7 Å². The number of rotatable bonds is 7. The molecule has 1 aromatic heterocycles. The standard InChI is InChI=1S/C65H42N2/c1-4-17-43(18-5-1)44-31-33-46(34-32-44)60-42-61(57-29-16-28-56-54-27-14-15-30-59(54)65(63(56)57,50-21-6-2-7-22-50)51-23-8-3-9-24-51)67-64(66-60)48-37-35-47(36-38-48)62-53-26-13-11-20-49(53)41-58-52-25-12-10-19-45(52)39-40-55(58)62/h1-42H. The molecule has 0 bridgehead atoms. The molecule has 0 radical (unpaired) electrons. The van der Waals surface area contributed by atoms with Crippen molar-refractivity contribution in [2.24, 2.45) is 0 Å². The van der Waals surface area contributed by atoms with Gasteiger partial charge in [0.15, 0.2) is 5.82 Å². The van der Waals surface area contributed by atoms with Crippen LogP contribution in [0.15, 0.2) is 255 Å². The zero-order valence-corrected chi connectivity index (χ0v) is 36.6. The van der Waals surface area contributed by atoms with Crippen molar-refractivity contribution in [1.29, 1.82) is 0 Å². The number of hydrogen-bond acceptors (Lipinski definition) is 2. The van der Waals surface area contributed by atoms with Crippen molar-refractivity contribution in [2.45, 2.75) is 5.41 Å². The molecule has 0 saturated heterocycles. The molecule has 0 unspecified atom stereocenters. The van der Waals surface area contributed by atoms with E-state index in [2.05, 4.69) is 255 Å². The Morgan fingerprint density at radius 3 is 1.57 bits per heavy atom. The maximum absolute atomic E-state index is 5.58. The van der Waals surface area contributed by atoms with Crippen LogP contribution >= 0.6 is 0 Å². The molecule has 11 aromatic carbocycles. The van der Waals surface area contributed by atoms with Gasteiger partial charge in [-0.3, -0.25) is 0 Å². The summed E-state index contributed by atoms with van der Waals surface area (Å²) in [6, 6.07) is 92.4. The first-order chi connectivity index (χ1) is 33.2. The summed E-state index contributed by atoms with van der Waals surface area (Å²) in [7, 11) is 0. The van der Waals surface area contributed by atoms with E-state index in [9.17, 15) is 0 Å². The first-order valence-electron chi connectivity index (χ1n) is 23.1. The molecule has 1 aliphatic carbocycles. The van der Waals surface area contributed by atoms with Gasteiger partial charge < -0.3 is 0 Å². The molecule has 13 rings (SSSR count). The molecule has 0 N–H and O–H groups in total. The third kappa shape index (κ3) is 6.26. The number of nitrogens with zero attached hydrogens (tertiary/aromatic N) is 2. The quantitative estimate of drug-likeness (QED) is 0.118. The van der Waals surface area contributed by atoms with Crippen LogP contribution in [0.2, 0.25) is 0 Å². The lowest BCUT2D eigenvalue weighted by Gasteiger charge is -2.35. The van der Waals surface area contributed by atoms with Crippen molar-refractivity contribution in [3.8, 4) is 67.3 Å². The van der Waals surface area contributed by atoms with E-state index >= 15 is 0 Å². The lowest BCUT2D eigenvalue weighted by molar-refractivity contribution is 0.769. The molecule has 0 saturated carbocycles. The predicted octanol–water partition coefficient (Wildman–Crippen LogP) is 16.6. The topological polar surface area (TPSA) is 25.8 Å². The molecule has 12 aromatic rings. The molecule has 2 heteroatoms. The minimum atomic E-state index is -0.595. The van der Waals surface area contributed by atoms with Crippen molar-refractivity contribution in [3.05, 3.63) is 277 Å². The van der Waals surface area contributed by atoms with E-state index in [0.29, 0.717) is 5.82 Å². The Morgan fingerprint density at radius 1 is 0.284 bits per heavy atom. The summed E-state index contributed by atoms with van der Waals surface area (Å²) in [4.78, 5) is 11.0. The Bertz CT molecular complexity index is 3780. The maximum atomic E-state index is 5.58. The summed E-state index contributed by atoms with van der Waals surface area (Å²) < 4.78 is 0. The number of fused-ring (bicyclic) bond motifs is 7. The fraction of sp³-hybridized carbons (Fsp3) is 0.0154. The summed E-state index contributed by atoms with van der Waals surface area (Å²) in [5.74, 6) is 0.679. The van der Waals surface area contributed by atoms with Crippen molar-refractivity contribution in [2.75, 3.05) is 0 Å². The normalized spacial score (nSPS) is 12.6. The lowest BCUT2D eigenvalue weighted by atomic mass is 9.66. The SMILES string of the molecule is c1ccc(-c2ccc(-c3cc(-c4cccc5c4C(c4ccccc4)(c4ccccc4)c4ccccc4-5)nc(-c4ccc(-c5c6ccccc6cc6c5ccc5ccccc56)cc4)n3)cc2)cc1. The summed E-state index contributed by atoms with van der Waals surface area (Å²) in [5.41, 5.74) is 16.3. The molecule has 312 valence electrons. The Balaban J connectivity index is 1.03. The summed E-state index contributed by atoms with van der Waals surface area (Å²) >= 11 is 0. The smallest absolute Gasteiger partial charge is 0.160 e. The monoisotopic (exact) mass is 850 g/mol. The van der Waals surface area contributed by atoms with Crippen LogP contribution < -0.4 is 0 Å². The van der Waals surface area contributed by atoms with Crippen LogP contribution in [0.4, 0.5) is 0 Å². The molecule has 1 heterocycles. The fourth-order valence-electron chi connectivity index (χ4n) is 11.0. The average molecular weight is 851 g/mol. The third-order valence-electron chi connectivity index (χ3n) is 14.0. The number of hydrogen-bond donors (Lipinski definition) is 0. The molecule has 67 heavy (non-hydrogen) atoms. The second-order valence-electron chi connectivity index (χ2n) is 17.6. The van der Waals surface area contributed by atoms with Crippen LogP contribution in [0.1, 0.15) is 22.3 Å². The Kier molecular flexibility index (Phi) is 9.11. The number of aromatic nitrogens is 2. The zero-order valence-electron chi connectivity index (χ0n) is 36.6. The molecule has 2 nitrogen and oxygen atoms in total. The summed E-state index contributed by atoms with van der Waals surface area (Å²) in [5, 5.41) is 7.46. The van der Waals surface area contributed by atoms with E-state index in [4.69, 9.17) is 9.97 Å². The molecule has 0 atom stereocenters. The van der Waals surface area contributed by atoms with E-state index in [1.54, 1.807) is 0 Å². The molecule has 0 amide bonds. The van der Waals surface area contributed by atoms with Gasteiger partial charge in [0.2, 0.25) is 0 Å². The van der Waals surface area contributed by atoms with Crippen molar-refractivity contribution in [1.82, 2.24) is 9.97 Å². The van der Waals surface area contributed by atoms with Crippen molar-refractivity contribution < 1.29 is 0 Å². The van der Waals surface area contributed by atoms with Crippen LogP contribution in [0.25, 0.3) is 99.6 Å². The Labute approximate surface area is 390 Å². The molecule has 1 aliphatic rings. The fourth-order valence-corrected chi connectivity index (χ4v) is 11.0. The second-order valence-corrected chi connectivity index (χ2v) is 17.6. The van der Waals surface area contributed by atoms with E-state index < -0.39 is 5.41 Å². The highest BCUT2D eigenvalue weighted by molar-refractivity contribution is 6.20. The second kappa shape index (κ2) is 15.8. The van der Waals surface area contributed by atoms with Crippen molar-refractivity contribution >= 4 is 32.3 Å². The summed E-state index contributed by atoms with van der Waals surface area (Å²) in [6.07, 6.45) is 0. The van der Waals surface area contributed by atoms with Gasteiger partial charge in [0.05, 0.1) is 16.8 Å². The highest BCUT2D eigenvalue weighted by Gasteiger charge is 2.47. The van der Waals surface area contributed by atoms with Crippen LogP contribution in [-0.2, 0) is 5.41 Å². The minimum Gasteiger partial charge on any atom is -0.228 e. The van der Waals surface area contributed by atoms with Gasteiger partial charge in [-0.15, -0.1) is 0 Å². The van der Waals surface area contributed by atoms with Crippen molar-refractivity contribution in [3.63, 3.8) is 0 Å². The Hall–Kier alpha value is -8.72. The van der Waals surface area contributed by atoms with E-state index in [1.807, 2.05) is 0 Å². The van der Waals surface area contributed by atoms with Crippen LogP contribution in [0, 0.1) is 0 Å². The van der Waals surface area contributed by atoms with Gasteiger partial charge in [-0.05, 0) is 100 Å². The van der Waals surface area contributed by atoms with E-state index in [1.165, 1.54) is 76.8 Å². The number of benzene rings is 11. The molecular weight excluding hydrogens is 809 g/mol. The van der Waals surface area contributed by atoms with Gasteiger partial charge in [-0.2, -0.15) is 0 Å². The first kappa shape index (κ1) is 38.7. The van der Waals surface area contributed by atoms with Gasteiger partial charge in [-0.25, -0.2) is 9.97 Å².